The second kappa shape index (κ2) is 18.0. The van der Waals surface area contributed by atoms with E-state index in [1.807, 2.05) is 66.7 Å². The molecule has 2 unspecified atom stereocenters. The van der Waals surface area contributed by atoms with Gasteiger partial charge in [0.1, 0.15) is 19.0 Å². The summed E-state index contributed by atoms with van der Waals surface area (Å²) in [5, 5.41) is 19.6. The average molecular weight is 904 g/mol. The number of fused-ring (bicyclic) bond motifs is 8. The van der Waals surface area contributed by atoms with Crippen LogP contribution in [0.1, 0.15) is 62.2 Å². The molecule has 340 valence electrons. The van der Waals surface area contributed by atoms with E-state index in [4.69, 9.17) is 38.5 Å². The van der Waals surface area contributed by atoms with E-state index in [1.165, 1.54) is 26.4 Å². The lowest BCUT2D eigenvalue weighted by atomic mass is 10.1. The summed E-state index contributed by atoms with van der Waals surface area (Å²) < 4.78 is 31.2. The Kier molecular flexibility index (Phi) is 11.4. The van der Waals surface area contributed by atoms with Crippen molar-refractivity contribution < 1.29 is 53.1 Å². The molecule has 0 saturated carbocycles. The van der Waals surface area contributed by atoms with Gasteiger partial charge in [-0.15, -0.1) is 4.73 Å². The predicted molar refractivity (Wildman–Crippen MR) is 248 cm³/mol. The van der Waals surface area contributed by atoms with Crippen LogP contribution >= 0.6 is 0 Å². The molecule has 1 aromatic heterocycles. The van der Waals surface area contributed by atoms with E-state index < -0.39 is 17.7 Å². The number of rotatable bonds is 15. The Morgan fingerprint density at radius 2 is 1.13 bits per heavy atom. The molecule has 2 N–H and O–H groups in total. The molecule has 0 radical (unpaired) electrons. The van der Waals surface area contributed by atoms with Crippen molar-refractivity contribution in [1.29, 1.82) is 0 Å². The van der Waals surface area contributed by atoms with Crippen LogP contribution in [0.15, 0.2) is 113 Å². The van der Waals surface area contributed by atoms with E-state index in [0.717, 1.165) is 33.6 Å². The van der Waals surface area contributed by atoms with Crippen LogP contribution in [-0.2, 0) is 30.8 Å². The molecular formula is C51H45N5O11. The normalized spacial score (nSPS) is 16.2. The van der Waals surface area contributed by atoms with Gasteiger partial charge in [0.2, 0.25) is 11.8 Å². The van der Waals surface area contributed by atoms with Crippen LogP contribution in [0.4, 0.5) is 22.7 Å². The first-order valence-electron chi connectivity index (χ1n) is 21.8. The molecule has 67 heavy (non-hydrogen) atoms. The maximum atomic E-state index is 14.0. The number of aliphatic imine (C=N–C) groups is 2. The predicted octanol–water partition coefficient (Wildman–Crippen LogP) is 7.85. The fourth-order valence-electron chi connectivity index (χ4n) is 8.88. The number of hydrogen-bond donors (Lipinski definition) is 2. The van der Waals surface area contributed by atoms with Gasteiger partial charge in [-0.3, -0.25) is 29.4 Å². The number of unbranched alkanes of at least 4 members (excludes halogenated alkanes) is 1. The molecule has 4 aliphatic heterocycles. The minimum Gasteiger partial charge on any atom is -0.494 e. The van der Waals surface area contributed by atoms with Crippen LogP contribution in [0.3, 0.4) is 0 Å². The van der Waals surface area contributed by atoms with Gasteiger partial charge in [-0.05, 0) is 77.6 Å². The number of anilines is 2. The Balaban J connectivity index is 0.872. The Hall–Kier alpha value is -8.27. The molecule has 10 rings (SSSR count). The zero-order valence-corrected chi connectivity index (χ0v) is 36.6. The highest BCUT2D eigenvalue weighted by Gasteiger charge is 2.38. The highest BCUT2D eigenvalue weighted by Crippen LogP contribution is 2.43. The molecule has 2 atom stereocenters. The molecule has 0 fully saturated rings. The van der Waals surface area contributed by atoms with Gasteiger partial charge >= 0.3 is 5.97 Å². The van der Waals surface area contributed by atoms with Crippen molar-refractivity contribution in [3.8, 4) is 40.5 Å². The third kappa shape index (κ3) is 8.33. The first kappa shape index (κ1) is 42.7. The lowest BCUT2D eigenvalue weighted by Crippen LogP contribution is -2.37. The molecule has 0 saturated heterocycles. The highest BCUT2D eigenvalue weighted by molar-refractivity contribution is 6.15. The Bertz CT molecular complexity index is 2820. The number of hydrogen-bond acceptors (Lipinski definition) is 13. The molecule has 6 aromatic rings. The van der Waals surface area contributed by atoms with E-state index in [-0.39, 0.29) is 50.1 Å². The molecule has 16 heteroatoms. The molecule has 0 aliphatic carbocycles. The van der Waals surface area contributed by atoms with Gasteiger partial charge in [0, 0.05) is 67.3 Å². The molecule has 4 aliphatic rings. The van der Waals surface area contributed by atoms with Crippen molar-refractivity contribution in [3.63, 3.8) is 0 Å². The fourth-order valence-corrected chi connectivity index (χ4v) is 8.88. The fraction of sp³-hybridized carbons (Fsp3) is 0.235. The highest BCUT2D eigenvalue weighted by atomic mass is 16.7. The van der Waals surface area contributed by atoms with Crippen molar-refractivity contribution in [3.05, 3.63) is 137 Å². The van der Waals surface area contributed by atoms with Gasteiger partial charge in [0.15, 0.2) is 23.0 Å². The number of ether oxygens (including phenoxy) is 5. The average Bonchev–Trinajstić information content (AvgIpc) is 3.96. The van der Waals surface area contributed by atoms with E-state index in [9.17, 15) is 24.6 Å². The summed E-state index contributed by atoms with van der Waals surface area (Å²) in [5.41, 5.74) is 7.10. The molecular weight excluding hydrogens is 859 g/mol. The Labute approximate surface area is 384 Å². The van der Waals surface area contributed by atoms with Crippen LogP contribution in [-0.4, -0.2) is 78.1 Å². The van der Waals surface area contributed by atoms with Gasteiger partial charge in [0.05, 0.1) is 55.4 Å². The van der Waals surface area contributed by atoms with Gasteiger partial charge in [0.25, 0.3) is 11.8 Å². The number of carbonyl (C=O) groups is 3. The number of carbonyl (C=O) groups excluding carboxylic acids is 3. The number of para-hydroxylation sites is 2. The molecule has 0 bridgehead atoms. The Morgan fingerprint density at radius 3 is 1.64 bits per heavy atom. The zero-order valence-electron chi connectivity index (χ0n) is 36.6. The third-order valence-electron chi connectivity index (χ3n) is 12.1. The number of amides is 2. The van der Waals surface area contributed by atoms with Crippen molar-refractivity contribution >= 4 is 53.0 Å². The quantitative estimate of drug-likeness (QED) is 0.0958. The van der Waals surface area contributed by atoms with Crippen LogP contribution < -0.4 is 38.3 Å². The zero-order chi connectivity index (χ0) is 46.2. The Morgan fingerprint density at radius 1 is 0.627 bits per heavy atom. The largest absolute Gasteiger partial charge is 0.494 e. The third-order valence-corrected chi connectivity index (χ3v) is 12.1. The van der Waals surface area contributed by atoms with Crippen LogP contribution in [0.5, 0.6) is 40.5 Å². The lowest BCUT2D eigenvalue weighted by Gasteiger charge is -2.22. The second-order valence-electron chi connectivity index (χ2n) is 16.4. The summed E-state index contributed by atoms with van der Waals surface area (Å²) in [4.78, 5) is 58.5. The number of methoxy groups -OCH3 is 2. The summed E-state index contributed by atoms with van der Waals surface area (Å²) in [6, 6.07) is 30.1. The number of nitrogens with zero attached hydrogens (tertiary/aromatic N) is 5. The molecule has 5 aromatic carbocycles. The first-order chi connectivity index (χ1) is 32.6. The van der Waals surface area contributed by atoms with Crippen molar-refractivity contribution in [2.45, 2.75) is 57.4 Å². The van der Waals surface area contributed by atoms with Gasteiger partial charge in [-0.1, -0.05) is 36.4 Å². The molecule has 5 heterocycles. The summed E-state index contributed by atoms with van der Waals surface area (Å²) in [6.07, 6.45) is 5.85. The van der Waals surface area contributed by atoms with Crippen LogP contribution in [0, 0.1) is 0 Å². The number of benzene rings is 5. The van der Waals surface area contributed by atoms with Gasteiger partial charge in [-0.25, -0.2) is 4.79 Å². The van der Waals surface area contributed by atoms with Crippen molar-refractivity contribution in [2.24, 2.45) is 9.98 Å². The minimum atomic E-state index is -0.636. The standard InChI is InChI=1S/C51H45N5O11/c1-62-43-22-37-39(52-26-34-20-32-9-3-5-11-41(32)54(34)50(37)60)24-45(43)65-28-30-17-31(19-36(18-30)64-16-8-7-13-49(59)67-56-47(57)14-15-48(56)58)29-66-46-25-40-38(23-44(46)63-2)51(61)55-35(27-53-40)21-33-10-4-6-12-42(33)55/h3-6,9-12,14-15,17-19,22-27,34-35,57-58H,7-8,13,16,20-21,28-29H2,1-2H3. The van der Waals surface area contributed by atoms with Crippen LogP contribution in [0.25, 0.3) is 0 Å². The van der Waals surface area contributed by atoms with Crippen molar-refractivity contribution in [1.82, 2.24) is 4.73 Å². The van der Waals surface area contributed by atoms with E-state index in [0.29, 0.717) is 81.7 Å². The van der Waals surface area contributed by atoms with E-state index in [1.54, 1.807) is 46.5 Å². The monoisotopic (exact) mass is 903 g/mol. The summed E-state index contributed by atoms with van der Waals surface area (Å²) in [5.74, 6) is 0.247. The van der Waals surface area contributed by atoms with Gasteiger partial charge < -0.3 is 38.7 Å². The van der Waals surface area contributed by atoms with E-state index >= 15 is 0 Å². The van der Waals surface area contributed by atoms with E-state index in [2.05, 4.69) is 0 Å². The molecule has 16 nitrogen and oxygen atoms in total. The summed E-state index contributed by atoms with van der Waals surface area (Å²) >= 11 is 0. The summed E-state index contributed by atoms with van der Waals surface area (Å²) in [6.45, 7) is 0.395. The second-order valence-corrected chi connectivity index (χ2v) is 16.4. The maximum Gasteiger partial charge on any atom is 0.333 e. The minimum absolute atomic E-state index is 0.0157. The summed E-state index contributed by atoms with van der Waals surface area (Å²) in [7, 11) is 3.04. The molecule has 0 spiro atoms. The maximum absolute atomic E-state index is 14.0. The van der Waals surface area contributed by atoms with Crippen molar-refractivity contribution in [2.75, 3.05) is 30.6 Å². The smallest absolute Gasteiger partial charge is 0.333 e. The SMILES string of the molecule is COc1cc2c(cc1OCc1cc(COc3cc4c(cc3OC)C(=O)N3c5ccccc5CC3C=N4)cc(OCCCCC(=O)On3c(O)ccc3O)c1)N=CC1Cc3ccccc3N1C2=O. The van der Waals surface area contributed by atoms with Gasteiger partial charge in [-0.2, -0.15) is 0 Å². The molecule has 2 amide bonds. The van der Waals surface area contributed by atoms with Crippen LogP contribution in [0.2, 0.25) is 0 Å². The lowest BCUT2D eigenvalue weighted by molar-refractivity contribution is -0.145. The topological polar surface area (TPSA) is 183 Å². The number of aromatic hydroxyl groups is 2. The first-order valence-corrected chi connectivity index (χ1v) is 21.8. The number of aromatic nitrogens is 1.